The fourth-order valence-corrected chi connectivity index (χ4v) is 1.80. The molecule has 0 rings (SSSR count). The highest BCUT2D eigenvalue weighted by atomic mass is 16.5. The zero-order valence-corrected chi connectivity index (χ0v) is 13.8. The molecule has 0 aliphatic heterocycles. The summed E-state index contributed by atoms with van der Waals surface area (Å²) in [6.07, 6.45) is 3.63. The van der Waals surface area contributed by atoms with Gasteiger partial charge in [0.15, 0.2) is 0 Å². The van der Waals surface area contributed by atoms with Crippen molar-refractivity contribution in [3.05, 3.63) is 24.3 Å². The molecule has 0 amide bonds. The third kappa shape index (κ3) is 7.11. The van der Waals surface area contributed by atoms with Crippen LogP contribution in [0.5, 0.6) is 0 Å². The van der Waals surface area contributed by atoms with E-state index in [0.717, 1.165) is 25.7 Å². The summed E-state index contributed by atoms with van der Waals surface area (Å²) in [4.78, 5) is 23.2. The summed E-state index contributed by atoms with van der Waals surface area (Å²) in [5, 5.41) is 0. The largest absolute Gasteiger partial charge is 0.462 e. The maximum atomic E-state index is 11.6. The number of hydrogen-bond donors (Lipinski definition) is 0. The first-order chi connectivity index (χ1) is 9.78. The SMILES string of the molecule is C=C(C)C(=O)OCC(CC)(CCCC)COC(=O)C(=C)C. The Morgan fingerprint density at radius 3 is 1.67 bits per heavy atom. The van der Waals surface area contributed by atoms with Gasteiger partial charge in [0.05, 0.1) is 0 Å². The fourth-order valence-electron chi connectivity index (χ4n) is 1.80. The highest BCUT2D eigenvalue weighted by molar-refractivity contribution is 5.87. The number of ether oxygens (including phenoxy) is 2. The molecule has 0 aromatic carbocycles. The fraction of sp³-hybridized carbons (Fsp3) is 0.647. The van der Waals surface area contributed by atoms with Gasteiger partial charge in [-0.05, 0) is 26.7 Å². The summed E-state index contributed by atoms with van der Waals surface area (Å²) >= 11 is 0. The maximum Gasteiger partial charge on any atom is 0.333 e. The molecule has 0 bridgehead atoms. The molecule has 21 heavy (non-hydrogen) atoms. The quantitative estimate of drug-likeness (QED) is 0.454. The van der Waals surface area contributed by atoms with Crippen LogP contribution in [-0.4, -0.2) is 25.2 Å². The molecule has 0 heterocycles. The van der Waals surface area contributed by atoms with Crippen molar-refractivity contribution in [1.29, 1.82) is 0 Å². The van der Waals surface area contributed by atoms with Crippen molar-refractivity contribution in [2.24, 2.45) is 5.41 Å². The van der Waals surface area contributed by atoms with Crippen molar-refractivity contribution >= 4 is 11.9 Å². The Labute approximate surface area is 128 Å². The molecule has 0 atom stereocenters. The van der Waals surface area contributed by atoms with Crippen molar-refractivity contribution < 1.29 is 19.1 Å². The van der Waals surface area contributed by atoms with E-state index in [1.165, 1.54) is 0 Å². The molecule has 0 fully saturated rings. The summed E-state index contributed by atoms with van der Waals surface area (Å²) in [5.74, 6) is -0.814. The lowest BCUT2D eigenvalue weighted by Gasteiger charge is -2.31. The van der Waals surface area contributed by atoms with E-state index in [2.05, 4.69) is 20.1 Å². The molecular formula is C17H28O4. The smallest absolute Gasteiger partial charge is 0.333 e. The van der Waals surface area contributed by atoms with E-state index in [-0.39, 0.29) is 18.6 Å². The average molecular weight is 296 g/mol. The van der Waals surface area contributed by atoms with E-state index in [1.807, 2.05) is 6.92 Å². The van der Waals surface area contributed by atoms with Crippen LogP contribution in [-0.2, 0) is 19.1 Å². The lowest BCUT2D eigenvalue weighted by molar-refractivity contribution is -0.150. The van der Waals surface area contributed by atoms with Gasteiger partial charge in [0.25, 0.3) is 0 Å². The zero-order chi connectivity index (χ0) is 16.5. The monoisotopic (exact) mass is 296 g/mol. The average Bonchev–Trinajstić information content (AvgIpc) is 2.46. The van der Waals surface area contributed by atoms with Gasteiger partial charge in [-0.15, -0.1) is 0 Å². The van der Waals surface area contributed by atoms with Crippen LogP contribution in [0.15, 0.2) is 24.3 Å². The highest BCUT2D eigenvalue weighted by Gasteiger charge is 2.31. The van der Waals surface area contributed by atoms with Gasteiger partial charge in [0.1, 0.15) is 13.2 Å². The first-order valence-corrected chi connectivity index (χ1v) is 7.43. The van der Waals surface area contributed by atoms with E-state index in [0.29, 0.717) is 11.1 Å². The molecule has 0 radical (unpaired) electrons. The summed E-state index contributed by atoms with van der Waals surface area (Å²) < 4.78 is 10.6. The number of hydrogen-bond acceptors (Lipinski definition) is 4. The Kier molecular flexibility index (Phi) is 8.67. The Hall–Kier alpha value is -1.58. The molecule has 0 aromatic rings. The van der Waals surface area contributed by atoms with E-state index < -0.39 is 11.9 Å². The Morgan fingerprint density at radius 1 is 0.952 bits per heavy atom. The highest BCUT2D eigenvalue weighted by Crippen LogP contribution is 2.30. The number of unbranched alkanes of at least 4 members (excludes halogenated alkanes) is 1. The lowest BCUT2D eigenvalue weighted by Crippen LogP contribution is -2.34. The second kappa shape index (κ2) is 9.37. The van der Waals surface area contributed by atoms with Gasteiger partial charge in [-0.3, -0.25) is 0 Å². The van der Waals surface area contributed by atoms with Gasteiger partial charge >= 0.3 is 11.9 Å². The summed E-state index contributed by atoms with van der Waals surface area (Å²) in [5.41, 5.74) is 0.399. The molecule has 0 unspecified atom stereocenters. The van der Waals surface area contributed by atoms with E-state index in [1.54, 1.807) is 13.8 Å². The lowest BCUT2D eigenvalue weighted by atomic mass is 9.81. The summed E-state index contributed by atoms with van der Waals surface area (Å²) in [6, 6.07) is 0. The van der Waals surface area contributed by atoms with Crippen LogP contribution in [0.3, 0.4) is 0 Å². The standard InChI is InChI=1S/C17H28O4/c1-7-9-10-17(8-2,11-20-15(18)13(3)4)12-21-16(19)14(5)6/h3,5,7-12H2,1-2,4,6H3. The predicted molar refractivity (Wildman–Crippen MR) is 83.8 cm³/mol. The van der Waals surface area contributed by atoms with Crippen molar-refractivity contribution in [3.8, 4) is 0 Å². The third-order valence-electron chi connectivity index (χ3n) is 3.53. The zero-order valence-electron chi connectivity index (χ0n) is 13.8. The molecule has 0 saturated carbocycles. The van der Waals surface area contributed by atoms with Crippen LogP contribution < -0.4 is 0 Å². The minimum atomic E-state index is -0.407. The molecule has 0 aliphatic rings. The third-order valence-corrected chi connectivity index (χ3v) is 3.53. The number of carbonyl (C=O) groups is 2. The summed E-state index contributed by atoms with van der Waals surface area (Å²) in [7, 11) is 0. The predicted octanol–water partition coefficient (Wildman–Crippen LogP) is 3.81. The van der Waals surface area contributed by atoms with Gasteiger partial charge in [-0.2, -0.15) is 0 Å². The second-order valence-electron chi connectivity index (χ2n) is 5.67. The van der Waals surface area contributed by atoms with Crippen molar-refractivity contribution in [3.63, 3.8) is 0 Å². The molecule has 120 valence electrons. The van der Waals surface area contributed by atoms with Crippen LogP contribution in [0, 0.1) is 5.41 Å². The van der Waals surface area contributed by atoms with E-state index in [9.17, 15) is 9.59 Å². The van der Waals surface area contributed by atoms with Gasteiger partial charge in [-0.1, -0.05) is 39.8 Å². The van der Waals surface area contributed by atoms with Gasteiger partial charge < -0.3 is 9.47 Å². The minimum absolute atomic E-state index is 0.235. The summed E-state index contributed by atoms with van der Waals surface area (Å²) in [6.45, 7) is 14.9. The normalized spacial score (nSPS) is 10.9. The number of esters is 2. The first kappa shape index (κ1) is 19.4. The number of rotatable bonds is 10. The van der Waals surface area contributed by atoms with Crippen LogP contribution >= 0.6 is 0 Å². The topological polar surface area (TPSA) is 52.6 Å². The van der Waals surface area contributed by atoms with E-state index in [4.69, 9.17) is 9.47 Å². The van der Waals surface area contributed by atoms with Gasteiger partial charge in [-0.25, -0.2) is 9.59 Å². The van der Waals surface area contributed by atoms with Gasteiger partial charge in [0, 0.05) is 16.6 Å². The van der Waals surface area contributed by atoms with Crippen LogP contribution in [0.4, 0.5) is 0 Å². The van der Waals surface area contributed by atoms with Crippen molar-refractivity contribution in [2.75, 3.05) is 13.2 Å². The Morgan fingerprint density at radius 2 is 1.38 bits per heavy atom. The van der Waals surface area contributed by atoms with Crippen LogP contribution in [0.25, 0.3) is 0 Å². The first-order valence-electron chi connectivity index (χ1n) is 7.43. The molecule has 4 nitrogen and oxygen atoms in total. The molecular weight excluding hydrogens is 268 g/mol. The number of carbonyl (C=O) groups excluding carboxylic acids is 2. The molecule has 0 saturated heterocycles. The molecule has 0 aromatic heterocycles. The van der Waals surface area contributed by atoms with Crippen molar-refractivity contribution in [2.45, 2.75) is 53.4 Å². The Bertz CT molecular complexity index is 366. The minimum Gasteiger partial charge on any atom is -0.462 e. The van der Waals surface area contributed by atoms with E-state index >= 15 is 0 Å². The Balaban J connectivity index is 4.80. The van der Waals surface area contributed by atoms with Crippen molar-refractivity contribution in [1.82, 2.24) is 0 Å². The van der Waals surface area contributed by atoms with Gasteiger partial charge in [0.2, 0.25) is 0 Å². The molecule has 0 N–H and O–H groups in total. The second-order valence-corrected chi connectivity index (χ2v) is 5.67. The molecule has 0 spiro atoms. The van der Waals surface area contributed by atoms with Crippen LogP contribution in [0.2, 0.25) is 0 Å². The van der Waals surface area contributed by atoms with Crippen LogP contribution in [0.1, 0.15) is 53.4 Å². The molecule has 0 aliphatic carbocycles. The molecule has 4 heteroatoms. The maximum absolute atomic E-state index is 11.6.